The Morgan fingerprint density at radius 3 is 2.27 bits per heavy atom. The average Bonchev–Trinajstić information content (AvgIpc) is 3.34. The fourth-order valence-corrected chi connectivity index (χ4v) is 6.19. The topological polar surface area (TPSA) is 55.9 Å². The molecule has 0 bridgehead atoms. The fourth-order valence-electron chi connectivity index (χ4n) is 6.19. The van der Waals surface area contributed by atoms with Gasteiger partial charge in [0.15, 0.2) is 0 Å². The maximum absolute atomic E-state index is 13.5. The smallest absolute Gasteiger partial charge is 0.368 e. The van der Waals surface area contributed by atoms with Crippen LogP contribution in [0.1, 0.15) is 56.9 Å². The number of aryl methyl sites for hydroxylation is 1. The van der Waals surface area contributed by atoms with Crippen molar-refractivity contribution in [1.29, 1.82) is 0 Å². The van der Waals surface area contributed by atoms with Crippen LogP contribution in [0.2, 0.25) is 0 Å². The van der Waals surface area contributed by atoms with Crippen molar-refractivity contribution in [2.45, 2.75) is 38.1 Å². The van der Waals surface area contributed by atoms with E-state index < -0.39 is 11.7 Å². The number of carbonyl (C=O) groups excluding carboxylic acids is 2. The van der Waals surface area contributed by atoms with E-state index in [2.05, 4.69) is 24.4 Å². The maximum Gasteiger partial charge on any atom is 0.416 e. The number of nitrogens with one attached hydrogen (secondary N) is 1. The first-order valence-corrected chi connectivity index (χ1v) is 15.2. The summed E-state index contributed by atoms with van der Waals surface area (Å²) in [6.45, 7) is 3.79. The second-order valence-corrected chi connectivity index (χ2v) is 11.6. The van der Waals surface area contributed by atoms with Crippen LogP contribution >= 0.6 is 0 Å². The number of rotatable bonds is 8. The van der Waals surface area contributed by atoms with Gasteiger partial charge >= 0.3 is 6.18 Å². The van der Waals surface area contributed by atoms with E-state index in [0.29, 0.717) is 43.0 Å². The highest BCUT2D eigenvalue weighted by Gasteiger charge is 2.39. The van der Waals surface area contributed by atoms with E-state index in [0.717, 1.165) is 36.2 Å². The molecule has 2 aliphatic heterocycles. The Balaban J connectivity index is 1.10. The van der Waals surface area contributed by atoms with Gasteiger partial charge in [-0.1, -0.05) is 54.6 Å². The lowest BCUT2D eigenvalue weighted by molar-refractivity contribution is -0.137. The van der Waals surface area contributed by atoms with Crippen LogP contribution in [0.25, 0.3) is 0 Å². The monoisotopic (exact) mass is 612 g/mol. The van der Waals surface area contributed by atoms with Crippen molar-refractivity contribution < 1.29 is 22.8 Å². The standard InChI is InChI=1S/C36H35F3N4O2/c1-25(14-15-26-8-3-2-4-9-26)43-33(31-12-5-6-13-32(31)35(43)45)40-29-18-16-27(17-19-29)34(44)42-22-20-41(21-23-42)30-11-7-10-28(24-30)36(37,38)39/h2-13,16-19,24-25,33,40H,14-15,20-23H2,1H3. The molecule has 0 spiro atoms. The van der Waals surface area contributed by atoms with Gasteiger partial charge in [-0.05, 0) is 73.9 Å². The molecule has 2 aliphatic rings. The second kappa shape index (κ2) is 12.7. The van der Waals surface area contributed by atoms with E-state index in [9.17, 15) is 22.8 Å². The third-order valence-corrected chi connectivity index (χ3v) is 8.71. The van der Waals surface area contributed by atoms with Gasteiger partial charge in [-0.15, -0.1) is 0 Å². The lowest BCUT2D eigenvalue weighted by atomic mass is 10.0. The van der Waals surface area contributed by atoms with Crippen molar-refractivity contribution in [3.8, 4) is 0 Å². The van der Waals surface area contributed by atoms with Crippen LogP contribution in [0.15, 0.2) is 103 Å². The molecule has 4 aromatic rings. The number of benzene rings is 4. The molecule has 2 heterocycles. The van der Waals surface area contributed by atoms with Crippen LogP contribution in [0.4, 0.5) is 24.5 Å². The number of hydrogen-bond donors (Lipinski definition) is 1. The van der Waals surface area contributed by atoms with Gasteiger partial charge in [0, 0.05) is 60.3 Å². The summed E-state index contributed by atoms with van der Waals surface area (Å²) in [7, 11) is 0. The molecule has 2 amide bonds. The van der Waals surface area contributed by atoms with Gasteiger partial charge in [-0.3, -0.25) is 9.59 Å². The van der Waals surface area contributed by atoms with Gasteiger partial charge in [-0.25, -0.2) is 0 Å². The quantitative estimate of drug-likeness (QED) is 0.228. The molecule has 1 N–H and O–H groups in total. The first-order chi connectivity index (χ1) is 21.7. The zero-order valence-corrected chi connectivity index (χ0v) is 25.0. The molecule has 6 nitrogen and oxygen atoms in total. The van der Waals surface area contributed by atoms with Crippen LogP contribution in [-0.4, -0.2) is 53.8 Å². The summed E-state index contributed by atoms with van der Waals surface area (Å²) in [5.74, 6) is -0.123. The molecule has 9 heteroatoms. The Morgan fingerprint density at radius 2 is 1.56 bits per heavy atom. The van der Waals surface area contributed by atoms with E-state index in [-0.39, 0.29) is 24.0 Å². The highest BCUT2D eigenvalue weighted by molar-refractivity contribution is 6.00. The second-order valence-electron chi connectivity index (χ2n) is 11.6. The summed E-state index contributed by atoms with van der Waals surface area (Å²) in [5, 5.41) is 3.53. The van der Waals surface area contributed by atoms with Gasteiger partial charge in [0.25, 0.3) is 11.8 Å². The van der Waals surface area contributed by atoms with Crippen molar-refractivity contribution in [2.24, 2.45) is 0 Å². The predicted octanol–water partition coefficient (Wildman–Crippen LogP) is 7.26. The summed E-state index contributed by atoms with van der Waals surface area (Å²) in [5.41, 5.74) is 3.99. The van der Waals surface area contributed by atoms with Crippen LogP contribution in [0.5, 0.6) is 0 Å². The Kier molecular flexibility index (Phi) is 8.52. The molecule has 45 heavy (non-hydrogen) atoms. The van der Waals surface area contributed by atoms with Gasteiger partial charge in [0.2, 0.25) is 0 Å². The number of alkyl halides is 3. The van der Waals surface area contributed by atoms with Crippen molar-refractivity contribution in [2.75, 3.05) is 36.4 Å². The molecule has 2 atom stereocenters. The molecule has 0 radical (unpaired) electrons. The summed E-state index contributed by atoms with van der Waals surface area (Å²) in [6.07, 6.45) is -3.06. The first kappa shape index (κ1) is 30.2. The zero-order valence-electron chi connectivity index (χ0n) is 25.0. The van der Waals surface area contributed by atoms with E-state index in [1.165, 1.54) is 11.6 Å². The van der Waals surface area contributed by atoms with Crippen LogP contribution in [0, 0.1) is 0 Å². The van der Waals surface area contributed by atoms with E-state index in [4.69, 9.17) is 0 Å². The Morgan fingerprint density at radius 1 is 0.867 bits per heavy atom. The largest absolute Gasteiger partial charge is 0.416 e. The molecule has 4 aromatic carbocycles. The van der Waals surface area contributed by atoms with Crippen molar-refractivity contribution >= 4 is 23.2 Å². The molecular formula is C36H35F3N4O2. The molecular weight excluding hydrogens is 577 g/mol. The molecule has 1 saturated heterocycles. The lowest BCUT2D eigenvalue weighted by Crippen LogP contribution is -2.48. The predicted molar refractivity (Wildman–Crippen MR) is 169 cm³/mol. The fraction of sp³-hybridized carbons (Fsp3) is 0.278. The zero-order chi connectivity index (χ0) is 31.6. The Hall–Kier alpha value is -4.79. The maximum atomic E-state index is 13.5. The van der Waals surface area contributed by atoms with Gasteiger partial charge in [-0.2, -0.15) is 13.2 Å². The van der Waals surface area contributed by atoms with Crippen LogP contribution in [-0.2, 0) is 12.6 Å². The number of carbonyl (C=O) groups is 2. The minimum absolute atomic E-state index is 0.000246. The minimum atomic E-state index is -4.40. The number of halogens is 3. The van der Waals surface area contributed by atoms with Crippen LogP contribution < -0.4 is 10.2 Å². The lowest BCUT2D eigenvalue weighted by Gasteiger charge is -2.36. The van der Waals surface area contributed by atoms with Gasteiger partial charge in [0.05, 0.1) is 5.56 Å². The third-order valence-electron chi connectivity index (χ3n) is 8.71. The third kappa shape index (κ3) is 6.53. The van der Waals surface area contributed by atoms with Gasteiger partial charge in [0.1, 0.15) is 6.17 Å². The number of hydrogen-bond acceptors (Lipinski definition) is 4. The molecule has 2 unspecified atom stereocenters. The van der Waals surface area contributed by atoms with Gasteiger partial charge < -0.3 is 20.0 Å². The van der Waals surface area contributed by atoms with E-state index in [1.807, 2.05) is 64.4 Å². The normalized spacial score (nSPS) is 17.3. The summed E-state index contributed by atoms with van der Waals surface area (Å²) < 4.78 is 39.5. The number of piperazine rings is 1. The Labute approximate surface area is 261 Å². The van der Waals surface area contributed by atoms with Crippen molar-refractivity contribution in [1.82, 2.24) is 9.80 Å². The molecule has 232 valence electrons. The van der Waals surface area contributed by atoms with Crippen LogP contribution in [0.3, 0.4) is 0 Å². The Bertz CT molecular complexity index is 1650. The molecule has 0 aliphatic carbocycles. The number of fused-ring (bicyclic) bond motifs is 1. The average molecular weight is 613 g/mol. The molecule has 1 fully saturated rings. The number of nitrogens with zero attached hydrogens (tertiary/aromatic N) is 3. The highest BCUT2D eigenvalue weighted by Crippen LogP contribution is 2.37. The number of amides is 2. The highest BCUT2D eigenvalue weighted by atomic mass is 19.4. The first-order valence-electron chi connectivity index (χ1n) is 15.2. The number of anilines is 2. The molecule has 6 rings (SSSR count). The van der Waals surface area contributed by atoms with Crippen molar-refractivity contribution in [3.05, 3.63) is 131 Å². The minimum Gasteiger partial charge on any atom is -0.368 e. The SMILES string of the molecule is CC(CCc1ccccc1)N1C(=O)c2ccccc2C1Nc1ccc(C(=O)N2CCN(c3cccc(C(F)(F)F)c3)CC2)cc1. The summed E-state index contributed by atoms with van der Waals surface area (Å²) in [4.78, 5) is 32.4. The molecule has 0 aromatic heterocycles. The van der Waals surface area contributed by atoms with E-state index in [1.54, 1.807) is 23.1 Å². The van der Waals surface area contributed by atoms with E-state index >= 15 is 0 Å². The summed E-state index contributed by atoms with van der Waals surface area (Å²) >= 11 is 0. The van der Waals surface area contributed by atoms with Crippen molar-refractivity contribution in [3.63, 3.8) is 0 Å². The molecule has 0 saturated carbocycles. The summed E-state index contributed by atoms with van der Waals surface area (Å²) in [6, 6.07) is 30.4.